The first-order chi connectivity index (χ1) is 11.8. The summed E-state index contributed by atoms with van der Waals surface area (Å²) in [5.41, 5.74) is 2.15. The van der Waals surface area contributed by atoms with Crippen LogP contribution in [-0.4, -0.2) is 17.0 Å². The van der Waals surface area contributed by atoms with Crippen molar-refractivity contribution in [3.05, 3.63) is 63.6 Å². The first-order valence-electron chi connectivity index (χ1n) is 7.60. The highest BCUT2D eigenvalue weighted by Gasteiger charge is 2.51. The molecule has 0 spiro atoms. The summed E-state index contributed by atoms with van der Waals surface area (Å²) in [7, 11) is 0. The van der Waals surface area contributed by atoms with E-state index in [2.05, 4.69) is 21.2 Å². The summed E-state index contributed by atoms with van der Waals surface area (Å²) in [5.74, 6) is -1.58. The van der Waals surface area contributed by atoms with Gasteiger partial charge in [-0.1, -0.05) is 57.3 Å². The number of hydrogen-bond acceptors (Lipinski definition) is 2. The maximum absolute atomic E-state index is 12.8. The molecule has 0 aliphatic carbocycles. The number of anilines is 1. The van der Waals surface area contributed by atoms with Crippen LogP contribution in [0.1, 0.15) is 29.9 Å². The molecule has 0 radical (unpaired) electrons. The number of hydrogen-bond donors (Lipinski definition) is 2. The Morgan fingerprint density at radius 3 is 2.60 bits per heavy atom. The van der Waals surface area contributed by atoms with Crippen molar-refractivity contribution >= 4 is 56.7 Å². The lowest BCUT2D eigenvalue weighted by Gasteiger charge is -2.31. The number of alkyl halides is 1. The number of amides is 1. The molecule has 0 aromatic heterocycles. The van der Waals surface area contributed by atoms with E-state index >= 15 is 0 Å². The number of fused-ring (bicyclic) bond motifs is 1. The first-order valence-corrected chi connectivity index (χ1v) is 9.15. The van der Waals surface area contributed by atoms with E-state index in [0.29, 0.717) is 15.7 Å². The van der Waals surface area contributed by atoms with Gasteiger partial charge in [-0.25, -0.2) is 0 Å². The fourth-order valence-electron chi connectivity index (χ4n) is 3.21. The minimum Gasteiger partial charge on any atom is -0.481 e. The largest absolute Gasteiger partial charge is 0.481 e. The molecule has 0 saturated carbocycles. The number of nitrogens with one attached hydrogen (secondary N) is 1. The van der Waals surface area contributed by atoms with Gasteiger partial charge in [-0.2, -0.15) is 0 Å². The van der Waals surface area contributed by atoms with Gasteiger partial charge in [-0.3, -0.25) is 9.59 Å². The molecular weight excluding hydrogens is 429 g/mol. The Hall–Kier alpha value is -1.56. The van der Waals surface area contributed by atoms with Crippen molar-refractivity contribution in [3.8, 4) is 0 Å². The van der Waals surface area contributed by atoms with Gasteiger partial charge < -0.3 is 10.4 Å². The van der Waals surface area contributed by atoms with Crippen LogP contribution in [0.4, 0.5) is 5.69 Å². The summed E-state index contributed by atoms with van der Waals surface area (Å²) in [5, 5.41) is 13.0. The second-order valence-corrected chi connectivity index (χ2v) is 8.02. The van der Waals surface area contributed by atoms with Crippen LogP contribution in [0.15, 0.2) is 42.5 Å². The summed E-state index contributed by atoms with van der Waals surface area (Å²) in [4.78, 5) is 24.0. The van der Waals surface area contributed by atoms with Crippen molar-refractivity contribution in [2.24, 2.45) is 0 Å². The normalized spacial score (nSPS) is 20.0. The highest BCUT2D eigenvalue weighted by molar-refractivity contribution is 9.10. The van der Waals surface area contributed by atoms with E-state index in [4.69, 9.17) is 28.3 Å². The topological polar surface area (TPSA) is 66.4 Å². The number of carboxylic acid groups (broad SMARTS) is 1. The van der Waals surface area contributed by atoms with E-state index in [1.807, 2.05) is 6.07 Å². The molecule has 25 heavy (non-hydrogen) atoms. The molecule has 7 heteroatoms. The van der Waals surface area contributed by atoms with Crippen LogP contribution in [0.2, 0.25) is 10.0 Å². The molecule has 1 unspecified atom stereocenters. The number of carbonyl (C=O) groups is 2. The molecule has 130 valence electrons. The second kappa shape index (κ2) is 6.98. The summed E-state index contributed by atoms with van der Waals surface area (Å²) < 4.78 is -1.09. The third kappa shape index (κ3) is 3.41. The highest BCUT2D eigenvalue weighted by atomic mass is 79.9. The standard InChI is InChI=1S/C18H14BrCl2NO3/c19-18(14-5-4-12(21)9-15(14)22-17(18)25)13(6-7-16(23)24)10-2-1-3-11(20)8-10/h1-5,8-9,13H,6-7H2,(H,22,25)(H,23,24)/t13?,18-/m0/s1. The van der Waals surface area contributed by atoms with Gasteiger partial charge in [0.2, 0.25) is 5.91 Å². The molecule has 2 atom stereocenters. The maximum Gasteiger partial charge on any atom is 0.303 e. The number of carboxylic acids is 1. The molecule has 3 rings (SSSR count). The van der Waals surface area contributed by atoms with Crippen LogP contribution in [0, 0.1) is 0 Å². The van der Waals surface area contributed by atoms with E-state index in [1.165, 1.54) is 0 Å². The third-order valence-corrected chi connectivity index (χ3v) is 6.14. The van der Waals surface area contributed by atoms with Gasteiger partial charge in [0.15, 0.2) is 0 Å². The maximum atomic E-state index is 12.8. The number of benzene rings is 2. The van der Waals surface area contributed by atoms with Gasteiger partial charge in [-0.05, 0) is 36.2 Å². The van der Waals surface area contributed by atoms with Crippen molar-refractivity contribution in [1.82, 2.24) is 0 Å². The van der Waals surface area contributed by atoms with Crippen LogP contribution >= 0.6 is 39.1 Å². The van der Waals surface area contributed by atoms with Gasteiger partial charge in [0.05, 0.1) is 0 Å². The quantitative estimate of drug-likeness (QED) is 0.626. The van der Waals surface area contributed by atoms with E-state index in [9.17, 15) is 9.59 Å². The molecule has 0 bridgehead atoms. The lowest BCUT2D eigenvalue weighted by Crippen LogP contribution is -2.35. The molecule has 2 aromatic rings. The third-order valence-electron chi connectivity index (χ3n) is 4.33. The molecule has 1 aliphatic rings. The molecule has 2 N–H and O–H groups in total. The highest BCUT2D eigenvalue weighted by Crippen LogP contribution is 2.53. The first kappa shape index (κ1) is 18.2. The molecule has 4 nitrogen and oxygen atoms in total. The SMILES string of the molecule is O=C(O)CCC(c1cccc(Cl)c1)[C@@]1(Br)C(=O)Nc2cc(Cl)ccc21. The molecule has 0 fully saturated rings. The van der Waals surface area contributed by atoms with E-state index in [1.54, 1.807) is 36.4 Å². The summed E-state index contributed by atoms with van der Waals surface area (Å²) in [6.07, 6.45) is 0.206. The van der Waals surface area contributed by atoms with Gasteiger partial charge in [0, 0.05) is 33.6 Å². The average Bonchev–Trinajstić information content (AvgIpc) is 2.78. The Morgan fingerprint density at radius 2 is 1.92 bits per heavy atom. The van der Waals surface area contributed by atoms with Gasteiger partial charge in [0.1, 0.15) is 4.32 Å². The zero-order chi connectivity index (χ0) is 18.2. The van der Waals surface area contributed by atoms with Crippen molar-refractivity contribution in [3.63, 3.8) is 0 Å². The lowest BCUT2D eigenvalue weighted by molar-refractivity contribution is -0.137. The predicted molar refractivity (Wildman–Crippen MR) is 102 cm³/mol. The Labute approximate surface area is 163 Å². The minimum atomic E-state index is -1.09. The van der Waals surface area contributed by atoms with Crippen molar-refractivity contribution in [2.45, 2.75) is 23.1 Å². The van der Waals surface area contributed by atoms with Crippen LogP contribution < -0.4 is 5.32 Å². The molecular formula is C18H14BrCl2NO3. The van der Waals surface area contributed by atoms with E-state index in [0.717, 1.165) is 11.1 Å². The Bertz CT molecular complexity index is 858. The number of halogens is 3. The lowest BCUT2D eigenvalue weighted by atomic mass is 9.79. The van der Waals surface area contributed by atoms with Crippen molar-refractivity contribution in [2.75, 3.05) is 5.32 Å². The van der Waals surface area contributed by atoms with Crippen LogP contribution in [0.5, 0.6) is 0 Å². The van der Waals surface area contributed by atoms with E-state index in [-0.39, 0.29) is 18.7 Å². The van der Waals surface area contributed by atoms with Gasteiger partial charge in [0.25, 0.3) is 0 Å². The molecule has 1 amide bonds. The predicted octanol–water partition coefficient (Wildman–Crippen LogP) is 5.18. The fraction of sp³-hybridized carbons (Fsp3) is 0.222. The zero-order valence-corrected chi connectivity index (χ0v) is 16.0. The summed E-state index contributed by atoms with van der Waals surface area (Å²) >= 11 is 15.8. The number of aliphatic carboxylic acids is 1. The Balaban J connectivity index is 2.12. The van der Waals surface area contributed by atoms with Crippen LogP contribution in [0.3, 0.4) is 0 Å². The van der Waals surface area contributed by atoms with Crippen molar-refractivity contribution in [1.29, 1.82) is 0 Å². The monoisotopic (exact) mass is 441 g/mol. The molecule has 1 heterocycles. The molecule has 0 saturated heterocycles. The minimum absolute atomic E-state index is 0.0687. The number of carbonyl (C=O) groups excluding carboxylic acids is 1. The van der Waals surface area contributed by atoms with E-state index < -0.39 is 16.2 Å². The smallest absolute Gasteiger partial charge is 0.303 e. The van der Waals surface area contributed by atoms with Crippen LogP contribution in [-0.2, 0) is 13.9 Å². The summed E-state index contributed by atoms with van der Waals surface area (Å²) in [6.45, 7) is 0. The fourth-order valence-corrected chi connectivity index (χ4v) is 4.51. The average molecular weight is 443 g/mol. The van der Waals surface area contributed by atoms with Gasteiger partial charge >= 0.3 is 5.97 Å². The zero-order valence-electron chi connectivity index (χ0n) is 12.9. The van der Waals surface area contributed by atoms with Gasteiger partial charge in [-0.15, -0.1) is 0 Å². The Kier molecular flexibility index (Phi) is 5.09. The second-order valence-electron chi connectivity index (χ2n) is 5.90. The number of rotatable bonds is 5. The molecule has 1 aliphatic heterocycles. The Morgan fingerprint density at radius 1 is 1.20 bits per heavy atom. The van der Waals surface area contributed by atoms with Crippen molar-refractivity contribution < 1.29 is 14.7 Å². The van der Waals surface area contributed by atoms with Crippen LogP contribution in [0.25, 0.3) is 0 Å². The summed E-state index contributed by atoms with van der Waals surface area (Å²) in [6, 6.07) is 12.3. The molecule has 2 aromatic carbocycles.